The molecule has 1 aromatic heterocycles. The molecule has 0 amide bonds. The highest BCUT2D eigenvalue weighted by molar-refractivity contribution is 5.38. The van der Waals surface area contributed by atoms with Gasteiger partial charge in [0.25, 0.3) is 0 Å². The van der Waals surface area contributed by atoms with Crippen LogP contribution in [0, 0.1) is 0 Å². The SMILES string of the molecule is CCNc1nc(NC(C)(C)C(C)O)nc(OC(C)C)n1. The summed E-state index contributed by atoms with van der Waals surface area (Å²) in [6, 6.07) is 0.259. The Morgan fingerprint density at radius 3 is 2.25 bits per heavy atom. The number of hydrogen-bond donors (Lipinski definition) is 3. The van der Waals surface area contributed by atoms with Gasteiger partial charge < -0.3 is 20.5 Å². The topological polar surface area (TPSA) is 92.2 Å². The first-order chi connectivity index (χ1) is 9.24. The first-order valence-electron chi connectivity index (χ1n) is 6.87. The second-order valence-electron chi connectivity index (χ2n) is 5.48. The number of aliphatic hydroxyl groups excluding tert-OH is 1. The summed E-state index contributed by atoms with van der Waals surface area (Å²) >= 11 is 0. The first kappa shape index (κ1) is 16.4. The molecule has 1 heterocycles. The Labute approximate surface area is 120 Å². The minimum atomic E-state index is -0.559. The molecule has 7 heteroatoms. The summed E-state index contributed by atoms with van der Waals surface area (Å²) in [5.74, 6) is 0.819. The number of aromatic nitrogens is 3. The molecule has 0 radical (unpaired) electrons. The van der Waals surface area contributed by atoms with Gasteiger partial charge in [-0.1, -0.05) is 0 Å². The lowest BCUT2D eigenvalue weighted by atomic mass is 9.99. The quantitative estimate of drug-likeness (QED) is 0.701. The normalized spacial score (nSPS) is 13.2. The molecule has 0 spiro atoms. The summed E-state index contributed by atoms with van der Waals surface area (Å²) in [4.78, 5) is 12.7. The van der Waals surface area contributed by atoms with Gasteiger partial charge in [-0.15, -0.1) is 0 Å². The highest BCUT2D eigenvalue weighted by Gasteiger charge is 2.25. The molecule has 0 aromatic carbocycles. The molecule has 7 nitrogen and oxygen atoms in total. The van der Waals surface area contributed by atoms with E-state index in [0.717, 1.165) is 0 Å². The van der Waals surface area contributed by atoms with Crippen LogP contribution in [0.3, 0.4) is 0 Å². The van der Waals surface area contributed by atoms with E-state index in [-0.39, 0.29) is 12.1 Å². The van der Waals surface area contributed by atoms with Crippen molar-refractivity contribution in [1.82, 2.24) is 15.0 Å². The van der Waals surface area contributed by atoms with Gasteiger partial charge in [0, 0.05) is 6.54 Å². The first-order valence-corrected chi connectivity index (χ1v) is 6.87. The van der Waals surface area contributed by atoms with E-state index in [1.807, 2.05) is 34.6 Å². The average molecular weight is 283 g/mol. The molecule has 1 aromatic rings. The van der Waals surface area contributed by atoms with Crippen molar-refractivity contribution in [2.45, 2.75) is 59.3 Å². The average Bonchev–Trinajstić information content (AvgIpc) is 2.26. The second-order valence-corrected chi connectivity index (χ2v) is 5.48. The molecule has 0 aliphatic heterocycles. The third-order valence-electron chi connectivity index (χ3n) is 2.77. The van der Waals surface area contributed by atoms with E-state index in [4.69, 9.17) is 4.74 Å². The van der Waals surface area contributed by atoms with Crippen LogP contribution in [-0.4, -0.2) is 44.4 Å². The molecule has 0 saturated carbocycles. The van der Waals surface area contributed by atoms with Gasteiger partial charge in [-0.25, -0.2) is 0 Å². The van der Waals surface area contributed by atoms with E-state index < -0.39 is 11.6 Å². The third-order valence-corrected chi connectivity index (χ3v) is 2.77. The molecular weight excluding hydrogens is 258 g/mol. The predicted molar refractivity (Wildman–Crippen MR) is 79.1 cm³/mol. The van der Waals surface area contributed by atoms with E-state index >= 15 is 0 Å². The molecule has 3 N–H and O–H groups in total. The van der Waals surface area contributed by atoms with Gasteiger partial charge in [0.15, 0.2) is 0 Å². The number of anilines is 2. The molecule has 0 aliphatic rings. The van der Waals surface area contributed by atoms with Gasteiger partial charge in [0.05, 0.1) is 17.7 Å². The van der Waals surface area contributed by atoms with Crippen LogP contribution < -0.4 is 15.4 Å². The van der Waals surface area contributed by atoms with Crippen LogP contribution in [0.4, 0.5) is 11.9 Å². The van der Waals surface area contributed by atoms with E-state index in [1.165, 1.54) is 0 Å². The van der Waals surface area contributed by atoms with Crippen molar-refractivity contribution < 1.29 is 9.84 Å². The molecule has 0 bridgehead atoms. The third kappa shape index (κ3) is 4.80. The van der Waals surface area contributed by atoms with Crippen LogP contribution in [0.1, 0.15) is 41.5 Å². The summed E-state index contributed by atoms with van der Waals surface area (Å²) in [5.41, 5.74) is -0.556. The maximum atomic E-state index is 9.75. The van der Waals surface area contributed by atoms with Crippen molar-refractivity contribution in [3.8, 4) is 6.01 Å². The van der Waals surface area contributed by atoms with E-state index in [2.05, 4.69) is 25.6 Å². The largest absolute Gasteiger partial charge is 0.461 e. The number of hydrogen-bond acceptors (Lipinski definition) is 7. The fraction of sp³-hybridized carbons (Fsp3) is 0.769. The van der Waals surface area contributed by atoms with Gasteiger partial charge in [0.2, 0.25) is 11.9 Å². The minimum absolute atomic E-state index is 0.0236. The Balaban J connectivity index is 3.02. The van der Waals surface area contributed by atoms with Crippen molar-refractivity contribution in [2.24, 2.45) is 0 Å². The van der Waals surface area contributed by atoms with E-state index in [1.54, 1.807) is 6.92 Å². The van der Waals surface area contributed by atoms with Gasteiger partial charge in [-0.05, 0) is 41.5 Å². The number of nitrogens with zero attached hydrogens (tertiary/aromatic N) is 3. The second kappa shape index (κ2) is 6.69. The lowest BCUT2D eigenvalue weighted by Crippen LogP contribution is -2.42. The van der Waals surface area contributed by atoms with Gasteiger partial charge in [-0.3, -0.25) is 0 Å². The smallest absolute Gasteiger partial charge is 0.323 e. The molecule has 1 rings (SSSR count). The molecule has 1 unspecified atom stereocenters. The highest BCUT2D eigenvalue weighted by Crippen LogP contribution is 2.18. The lowest BCUT2D eigenvalue weighted by molar-refractivity contribution is 0.132. The summed E-state index contributed by atoms with van der Waals surface area (Å²) in [6.07, 6.45) is -0.583. The molecule has 114 valence electrons. The summed E-state index contributed by atoms with van der Waals surface area (Å²) in [7, 11) is 0. The standard InChI is InChI=1S/C13H25N5O2/c1-7-14-10-15-11(18-13(5,6)9(4)19)17-12(16-10)20-8(2)3/h8-9,19H,7H2,1-6H3,(H2,14,15,16,17,18). The Hall–Kier alpha value is -1.63. The zero-order valence-corrected chi connectivity index (χ0v) is 13.1. The lowest BCUT2D eigenvalue weighted by Gasteiger charge is -2.29. The Bertz CT molecular complexity index is 435. The fourth-order valence-electron chi connectivity index (χ4n) is 1.31. The molecule has 0 fully saturated rings. The molecule has 0 saturated heterocycles. The Kier molecular flexibility index (Phi) is 5.50. The van der Waals surface area contributed by atoms with Crippen molar-refractivity contribution in [1.29, 1.82) is 0 Å². The van der Waals surface area contributed by atoms with E-state index in [9.17, 15) is 5.11 Å². The maximum absolute atomic E-state index is 9.75. The Morgan fingerprint density at radius 1 is 1.15 bits per heavy atom. The van der Waals surface area contributed by atoms with Crippen LogP contribution in [0.25, 0.3) is 0 Å². The number of rotatable bonds is 7. The van der Waals surface area contributed by atoms with E-state index in [0.29, 0.717) is 18.4 Å². The van der Waals surface area contributed by atoms with Crippen LogP contribution >= 0.6 is 0 Å². The highest BCUT2D eigenvalue weighted by atomic mass is 16.5. The molecular formula is C13H25N5O2. The number of ether oxygens (including phenoxy) is 1. The van der Waals surface area contributed by atoms with Crippen LogP contribution in [0.15, 0.2) is 0 Å². The van der Waals surface area contributed by atoms with Gasteiger partial charge >= 0.3 is 6.01 Å². The molecule has 0 aliphatic carbocycles. The van der Waals surface area contributed by atoms with Crippen molar-refractivity contribution >= 4 is 11.9 Å². The van der Waals surface area contributed by atoms with Crippen LogP contribution in [0.2, 0.25) is 0 Å². The zero-order chi connectivity index (χ0) is 15.3. The van der Waals surface area contributed by atoms with Crippen molar-refractivity contribution in [2.75, 3.05) is 17.2 Å². The van der Waals surface area contributed by atoms with Crippen molar-refractivity contribution in [3.05, 3.63) is 0 Å². The minimum Gasteiger partial charge on any atom is -0.461 e. The van der Waals surface area contributed by atoms with Crippen LogP contribution in [0.5, 0.6) is 6.01 Å². The maximum Gasteiger partial charge on any atom is 0.323 e. The van der Waals surface area contributed by atoms with Gasteiger partial charge in [-0.2, -0.15) is 15.0 Å². The monoisotopic (exact) mass is 283 g/mol. The van der Waals surface area contributed by atoms with Gasteiger partial charge in [0.1, 0.15) is 0 Å². The van der Waals surface area contributed by atoms with Crippen LogP contribution in [-0.2, 0) is 0 Å². The van der Waals surface area contributed by atoms with Crippen molar-refractivity contribution in [3.63, 3.8) is 0 Å². The molecule has 20 heavy (non-hydrogen) atoms. The molecule has 1 atom stereocenters. The number of aliphatic hydroxyl groups is 1. The fourth-order valence-corrected chi connectivity index (χ4v) is 1.31. The number of nitrogens with one attached hydrogen (secondary N) is 2. The Morgan fingerprint density at radius 2 is 1.75 bits per heavy atom. The summed E-state index contributed by atoms with van der Waals surface area (Å²) in [5, 5.41) is 15.9. The summed E-state index contributed by atoms with van der Waals surface area (Å²) < 4.78 is 5.51. The zero-order valence-electron chi connectivity index (χ0n) is 13.1. The predicted octanol–water partition coefficient (Wildman–Crippen LogP) is 1.66. The summed E-state index contributed by atoms with van der Waals surface area (Å²) in [6.45, 7) is 11.9.